The molecule has 0 aliphatic heterocycles. The molecule has 3 aromatic heterocycles. The Morgan fingerprint density at radius 3 is 2.06 bits per heavy atom. The van der Waals surface area contributed by atoms with E-state index in [9.17, 15) is 100 Å². The van der Waals surface area contributed by atoms with Gasteiger partial charge in [-0.25, -0.2) is 30.6 Å². The molecule has 1 saturated carbocycles. The van der Waals surface area contributed by atoms with Gasteiger partial charge in [-0.1, -0.05) is 23.6 Å². The van der Waals surface area contributed by atoms with Crippen molar-refractivity contribution < 1.29 is 109 Å². The zero-order valence-electron chi connectivity index (χ0n) is 42.2. The number of carbonyl (C=O) groups is 3. The molecule has 2 aromatic carbocycles. The number of fused-ring (bicyclic) bond motifs is 4. The summed E-state index contributed by atoms with van der Waals surface area (Å²) in [7, 11) is -21.3. The highest BCUT2D eigenvalue weighted by Crippen LogP contribution is 2.70. The van der Waals surface area contributed by atoms with Gasteiger partial charge < -0.3 is 35.3 Å². The molecule has 82 heavy (non-hydrogen) atoms. The van der Waals surface area contributed by atoms with Gasteiger partial charge in [-0.2, -0.15) is 49.6 Å². The van der Waals surface area contributed by atoms with Crippen molar-refractivity contribution >= 4 is 81.1 Å². The van der Waals surface area contributed by atoms with Gasteiger partial charge in [-0.05, 0) is 80.8 Å². The highest BCUT2D eigenvalue weighted by molar-refractivity contribution is 7.93. The molecule has 0 spiro atoms. The Morgan fingerprint density at radius 1 is 0.915 bits per heavy atom. The van der Waals surface area contributed by atoms with E-state index in [4.69, 9.17) is 11.6 Å². The molecule has 3 atom stereocenters. The van der Waals surface area contributed by atoms with Crippen LogP contribution in [0.4, 0.5) is 49.7 Å². The first-order valence-electron chi connectivity index (χ1n) is 23.3. The predicted octanol–water partition coefficient (Wildman–Crippen LogP) is 5.48. The van der Waals surface area contributed by atoms with Crippen LogP contribution in [0.3, 0.4) is 0 Å². The summed E-state index contributed by atoms with van der Waals surface area (Å²) in [6.45, 7) is -2.23. The van der Waals surface area contributed by atoms with E-state index < -0.39 is 215 Å². The molecule has 0 radical (unpaired) electrons. The number of carbonyl (C=O) groups excluding carboxylic acids is 3. The van der Waals surface area contributed by atoms with Crippen LogP contribution in [-0.4, -0.2) is 119 Å². The minimum atomic E-state index is -6.03. The lowest BCUT2D eigenvalue weighted by atomic mass is 9.93. The number of aromatic nitrogens is 5. The van der Waals surface area contributed by atoms with Crippen molar-refractivity contribution in [2.75, 3.05) is 23.4 Å². The minimum absolute atomic E-state index is 0.0448. The average Bonchev–Trinajstić information content (AvgIpc) is 1.99. The van der Waals surface area contributed by atoms with Crippen LogP contribution in [0, 0.1) is 29.4 Å². The topological polar surface area (TPSA) is 331 Å². The second-order valence-electron chi connectivity index (χ2n) is 19.6. The average molecular weight is 1270 g/mol. The molecule has 5 aromatic rings. The van der Waals surface area contributed by atoms with Crippen molar-refractivity contribution in [1.29, 1.82) is 0 Å². The summed E-state index contributed by atoms with van der Waals surface area (Å²) in [5, 5.41) is 15.8. The molecule has 37 heteroatoms. The fourth-order valence-electron chi connectivity index (χ4n) is 8.96. The third-order valence-electron chi connectivity index (χ3n) is 13.1. The van der Waals surface area contributed by atoms with Gasteiger partial charge in [0.25, 0.3) is 11.0 Å². The largest absolute Gasteiger partial charge is 0.435 e. The number of nitrogens with one attached hydrogen (secondary N) is 2. The standard InChI is InChI=1S/C45H43ClF10N8O14P2S2/c1-41(2,81(3,75)76)12-10-24-6-7-25(34(58-24)30(16-21-14-22(47)17-23(48)15-21)59-31(65)19-62-37-32(36(60-62)45(54,55)56)27-18-28(27)44(37,52)53)26-8-9-29(46)33-35(26)63(20-42(49,50)51)61-38(33)64(82(4,77)78)40(67)39(66)57-13-5-11-43(68,79(69,70)71)80(72,73)74/h6-9,14-15,17,27-28,30,68H,5,11,13,16,18-20H2,1-4H3,(H,57,66)(H,59,65)(H2,69,70,71)(H2,72,73,74)/t27-,28+,30-/m0/s1. The van der Waals surface area contributed by atoms with Gasteiger partial charge in [0.05, 0.1) is 33.9 Å². The van der Waals surface area contributed by atoms with Crippen LogP contribution in [-0.2, 0) is 75.0 Å². The molecule has 7 N–H and O–H groups in total. The van der Waals surface area contributed by atoms with E-state index in [1.165, 1.54) is 13.8 Å². The highest BCUT2D eigenvalue weighted by atomic mass is 35.5. The zero-order chi connectivity index (χ0) is 61.6. The van der Waals surface area contributed by atoms with E-state index in [2.05, 4.69) is 32.3 Å². The molecule has 1 fully saturated rings. The molecule has 22 nitrogen and oxygen atoms in total. The highest BCUT2D eigenvalue weighted by Gasteiger charge is 2.68. The van der Waals surface area contributed by atoms with Crippen LogP contribution in [0.1, 0.15) is 79.0 Å². The number of benzene rings is 2. The van der Waals surface area contributed by atoms with Gasteiger partial charge in [0.15, 0.2) is 21.3 Å². The maximum Gasteiger partial charge on any atom is 0.435 e. The van der Waals surface area contributed by atoms with Gasteiger partial charge in [0, 0.05) is 47.9 Å². The summed E-state index contributed by atoms with van der Waals surface area (Å²) in [5.41, 5.74) is -7.05. The fraction of sp³-hybridized carbons (Fsp3) is 0.422. The first-order chi connectivity index (χ1) is 37.3. The first kappa shape index (κ1) is 63.6. The Bertz CT molecular complexity index is 3840. The number of halogens is 11. The lowest BCUT2D eigenvalue weighted by molar-refractivity contribution is -0.143. The van der Waals surface area contributed by atoms with E-state index in [1.807, 2.05) is 0 Å². The number of amides is 3. The number of rotatable bonds is 17. The van der Waals surface area contributed by atoms with Crippen molar-refractivity contribution in [3.8, 4) is 23.0 Å². The Balaban J connectivity index is 1.42. The van der Waals surface area contributed by atoms with E-state index in [-0.39, 0.29) is 27.6 Å². The number of aliphatic hydroxyl groups is 1. The third-order valence-corrected chi connectivity index (χ3v) is 20.3. The van der Waals surface area contributed by atoms with Gasteiger partial charge in [-0.3, -0.25) is 32.9 Å². The summed E-state index contributed by atoms with van der Waals surface area (Å²) in [6, 6.07) is 3.84. The molecular weight excluding hydrogens is 1230 g/mol. The summed E-state index contributed by atoms with van der Waals surface area (Å²) in [4.78, 5) is 83.6. The van der Waals surface area contributed by atoms with E-state index in [1.54, 1.807) is 5.32 Å². The van der Waals surface area contributed by atoms with Gasteiger partial charge >= 0.3 is 39.4 Å². The zero-order valence-corrected chi connectivity index (χ0v) is 46.4. The number of sulfonamides is 1. The number of anilines is 1. The predicted molar refractivity (Wildman–Crippen MR) is 266 cm³/mol. The van der Waals surface area contributed by atoms with Crippen molar-refractivity contribution in [3.05, 3.63) is 93.0 Å². The van der Waals surface area contributed by atoms with Crippen molar-refractivity contribution in [3.63, 3.8) is 0 Å². The normalized spacial score (nSPS) is 16.9. The van der Waals surface area contributed by atoms with Gasteiger partial charge in [-0.15, -0.1) is 0 Å². The Labute approximate surface area is 461 Å². The van der Waals surface area contributed by atoms with Crippen LogP contribution in [0.15, 0.2) is 42.5 Å². The van der Waals surface area contributed by atoms with E-state index >= 15 is 8.78 Å². The molecule has 0 unspecified atom stereocenters. The molecule has 0 bridgehead atoms. The Hall–Kier alpha value is -6.01. The monoisotopic (exact) mass is 1270 g/mol. The number of alkyl halides is 8. The number of nitrogens with zero attached hydrogens (tertiary/aromatic N) is 6. The second kappa shape index (κ2) is 21.6. The van der Waals surface area contributed by atoms with Crippen LogP contribution in [0.5, 0.6) is 0 Å². The van der Waals surface area contributed by atoms with Crippen LogP contribution in [0.25, 0.3) is 22.0 Å². The molecule has 3 amide bonds. The van der Waals surface area contributed by atoms with Crippen LogP contribution >= 0.6 is 26.8 Å². The third kappa shape index (κ3) is 12.7. The molecular formula is C45H43ClF10N8O14P2S2. The maximum atomic E-state index is 15.6. The molecule has 2 aliphatic carbocycles. The fourth-order valence-corrected chi connectivity index (χ4v) is 12.5. The lowest BCUT2D eigenvalue weighted by Gasteiger charge is -2.29. The molecule has 0 saturated heterocycles. The van der Waals surface area contributed by atoms with Crippen molar-refractivity contribution in [1.82, 2.24) is 35.2 Å². The smallest absolute Gasteiger partial charge is 0.368 e. The SMILES string of the molecule is CC(C)(C#Cc1ccc(-c2ccc(Cl)c3c(N(C(=O)C(=O)NCCCC(O)(P(=O)(O)O)P(=O)(O)O)S(C)(=O)=O)nn(CC(F)(F)F)c23)c([C@H](Cc2cc(F)cc(F)c2)NC(=O)Cn2nc(C(F)(F)F)c3c2C(F)(F)[C@@H]2C[C@H]32)n1)S(C)(=O)=O. The summed E-state index contributed by atoms with van der Waals surface area (Å²) >= 11 is 6.57. The number of pyridine rings is 1. The second-order valence-corrected chi connectivity index (χ2v) is 28.4. The molecule has 7 rings (SSSR count). The van der Waals surface area contributed by atoms with E-state index in [0.717, 1.165) is 42.7 Å². The van der Waals surface area contributed by atoms with Crippen LogP contribution in [0.2, 0.25) is 5.02 Å². The first-order valence-corrected chi connectivity index (χ1v) is 30.6. The summed E-state index contributed by atoms with van der Waals surface area (Å²) < 4.78 is 222. The Kier molecular flexibility index (Phi) is 16.7. The quantitative estimate of drug-likeness (QED) is 0.0199. The number of hydrogen-bond acceptors (Lipinski definition) is 13. The maximum absolute atomic E-state index is 15.6. The van der Waals surface area contributed by atoms with Crippen molar-refractivity contribution in [2.45, 2.75) is 92.7 Å². The number of hydrogen-bond donors (Lipinski definition) is 7. The number of sulfone groups is 1. The van der Waals surface area contributed by atoms with Crippen molar-refractivity contribution in [2.24, 2.45) is 5.92 Å². The molecule has 3 heterocycles. The minimum Gasteiger partial charge on any atom is -0.368 e. The summed E-state index contributed by atoms with van der Waals surface area (Å²) in [6.07, 6.45) is -13.1. The summed E-state index contributed by atoms with van der Waals surface area (Å²) in [5.74, 6) is -11.1. The molecule has 2 aliphatic rings. The van der Waals surface area contributed by atoms with Crippen LogP contribution < -0.4 is 14.9 Å². The van der Waals surface area contributed by atoms with Gasteiger partial charge in [0.2, 0.25) is 15.9 Å². The van der Waals surface area contributed by atoms with Gasteiger partial charge in [0.1, 0.15) is 40.9 Å². The van der Waals surface area contributed by atoms with E-state index in [0.29, 0.717) is 6.07 Å². The Morgan fingerprint density at radius 2 is 1.51 bits per heavy atom. The molecule has 446 valence electrons. The lowest BCUT2D eigenvalue weighted by Crippen LogP contribution is -2.46.